The van der Waals surface area contributed by atoms with Gasteiger partial charge < -0.3 is 0 Å². The second-order valence-corrected chi connectivity index (χ2v) is 6.85. The minimum absolute atomic E-state index is 0.502. The Hall–Kier alpha value is -1.23. The molecule has 110 valence electrons. The third kappa shape index (κ3) is 2.76. The van der Waals surface area contributed by atoms with E-state index in [0.29, 0.717) is 6.04 Å². The average Bonchev–Trinajstić information content (AvgIpc) is 3.18. The molecule has 1 aromatic carbocycles. The summed E-state index contributed by atoms with van der Waals surface area (Å²) < 4.78 is 0. The van der Waals surface area contributed by atoms with Crippen molar-refractivity contribution in [1.29, 1.82) is 0 Å². The highest BCUT2D eigenvalue weighted by Gasteiger charge is 2.36. The number of rotatable bonds is 3. The monoisotopic (exact) mass is 299 g/mol. The predicted octanol–water partition coefficient (Wildman–Crippen LogP) is 3.16. The van der Waals surface area contributed by atoms with E-state index in [4.69, 9.17) is 0 Å². The molecule has 0 radical (unpaired) electrons. The van der Waals surface area contributed by atoms with Crippen LogP contribution >= 0.6 is 11.3 Å². The first kappa shape index (κ1) is 13.4. The SMILES string of the molecule is c1ccc(C2CN3CCCC3CN2Cc2cscn2)cc1. The lowest BCUT2D eigenvalue weighted by molar-refractivity contribution is 0.0441. The molecule has 2 fully saturated rings. The molecule has 0 saturated carbocycles. The van der Waals surface area contributed by atoms with Gasteiger partial charge in [-0.25, -0.2) is 4.98 Å². The molecule has 0 spiro atoms. The van der Waals surface area contributed by atoms with Gasteiger partial charge in [0.15, 0.2) is 0 Å². The van der Waals surface area contributed by atoms with Gasteiger partial charge in [-0.15, -0.1) is 11.3 Å². The maximum Gasteiger partial charge on any atom is 0.0795 e. The van der Waals surface area contributed by atoms with Crippen molar-refractivity contribution in [2.45, 2.75) is 31.5 Å². The molecule has 0 N–H and O–H groups in total. The summed E-state index contributed by atoms with van der Waals surface area (Å²) in [5, 5.41) is 2.18. The lowest BCUT2D eigenvalue weighted by atomic mass is 9.99. The van der Waals surface area contributed by atoms with Gasteiger partial charge in [-0.2, -0.15) is 0 Å². The summed E-state index contributed by atoms with van der Waals surface area (Å²) in [4.78, 5) is 9.81. The van der Waals surface area contributed by atoms with Gasteiger partial charge in [0.1, 0.15) is 0 Å². The molecule has 0 amide bonds. The number of piperazine rings is 1. The van der Waals surface area contributed by atoms with E-state index in [9.17, 15) is 0 Å². The van der Waals surface area contributed by atoms with E-state index in [1.54, 1.807) is 11.3 Å². The van der Waals surface area contributed by atoms with Gasteiger partial charge in [-0.1, -0.05) is 30.3 Å². The van der Waals surface area contributed by atoms with E-state index in [1.165, 1.54) is 43.7 Å². The summed E-state index contributed by atoms with van der Waals surface area (Å²) in [6, 6.07) is 12.2. The Morgan fingerprint density at radius 1 is 1.19 bits per heavy atom. The maximum atomic E-state index is 4.49. The van der Waals surface area contributed by atoms with Crippen LogP contribution in [-0.4, -0.2) is 40.5 Å². The second kappa shape index (κ2) is 5.87. The highest BCUT2D eigenvalue weighted by Crippen LogP contribution is 2.33. The van der Waals surface area contributed by atoms with E-state index in [-0.39, 0.29) is 0 Å². The van der Waals surface area contributed by atoms with Crippen LogP contribution in [0.5, 0.6) is 0 Å². The fourth-order valence-corrected chi connectivity index (χ4v) is 4.32. The summed E-state index contributed by atoms with van der Waals surface area (Å²) in [6.45, 7) is 4.60. The van der Waals surface area contributed by atoms with Crippen LogP contribution in [-0.2, 0) is 6.54 Å². The molecule has 4 rings (SSSR count). The van der Waals surface area contributed by atoms with Gasteiger partial charge in [-0.05, 0) is 24.9 Å². The Bertz CT molecular complexity index is 569. The normalized spacial score (nSPS) is 26.9. The third-order valence-corrected chi connectivity index (χ3v) is 5.46. The van der Waals surface area contributed by atoms with Crippen LogP contribution in [0.25, 0.3) is 0 Å². The molecular formula is C17H21N3S. The summed E-state index contributed by atoms with van der Waals surface area (Å²) in [7, 11) is 0. The van der Waals surface area contributed by atoms with Gasteiger partial charge in [0.05, 0.1) is 11.2 Å². The molecule has 21 heavy (non-hydrogen) atoms. The van der Waals surface area contributed by atoms with Crippen LogP contribution in [0, 0.1) is 0 Å². The van der Waals surface area contributed by atoms with Gasteiger partial charge in [0, 0.05) is 37.1 Å². The summed E-state index contributed by atoms with van der Waals surface area (Å²) in [5.74, 6) is 0. The number of nitrogens with zero attached hydrogens (tertiary/aromatic N) is 3. The Morgan fingerprint density at radius 3 is 2.90 bits per heavy atom. The summed E-state index contributed by atoms with van der Waals surface area (Å²) >= 11 is 1.70. The van der Waals surface area contributed by atoms with Crippen molar-refractivity contribution in [3.63, 3.8) is 0 Å². The second-order valence-electron chi connectivity index (χ2n) is 6.13. The fraction of sp³-hybridized carbons (Fsp3) is 0.471. The molecule has 2 unspecified atom stereocenters. The van der Waals surface area contributed by atoms with Crippen LogP contribution in [0.2, 0.25) is 0 Å². The van der Waals surface area contributed by atoms with Crippen molar-refractivity contribution >= 4 is 11.3 Å². The number of thiazole rings is 1. The quantitative estimate of drug-likeness (QED) is 0.868. The molecule has 0 bridgehead atoms. The average molecular weight is 299 g/mol. The zero-order valence-corrected chi connectivity index (χ0v) is 13.0. The van der Waals surface area contributed by atoms with Crippen molar-refractivity contribution in [2.24, 2.45) is 0 Å². The molecule has 3 heterocycles. The van der Waals surface area contributed by atoms with Crippen LogP contribution < -0.4 is 0 Å². The molecule has 2 atom stereocenters. The molecule has 0 aliphatic carbocycles. The molecule has 2 aromatic rings. The zero-order valence-electron chi connectivity index (χ0n) is 12.2. The minimum Gasteiger partial charge on any atom is -0.297 e. The highest BCUT2D eigenvalue weighted by molar-refractivity contribution is 7.07. The van der Waals surface area contributed by atoms with Crippen molar-refractivity contribution in [3.05, 3.63) is 52.5 Å². The first-order valence-corrected chi connectivity index (χ1v) is 8.74. The Labute approximate surface area is 130 Å². The van der Waals surface area contributed by atoms with Gasteiger partial charge >= 0.3 is 0 Å². The Kier molecular flexibility index (Phi) is 3.76. The lowest BCUT2D eigenvalue weighted by Gasteiger charge is -2.43. The fourth-order valence-electron chi connectivity index (χ4n) is 3.77. The Balaban J connectivity index is 1.60. The van der Waals surface area contributed by atoms with Crippen molar-refractivity contribution < 1.29 is 0 Å². The number of benzene rings is 1. The predicted molar refractivity (Wildman–Crippen MR) is 86.3 cm³/mol. The van der Waals surface area contributed by atoms with Gasteiger partial charge in [0.2, 0.25) is 0 Å². The van der Waals surface area contributed by atoms with E-state index >= 15 is 0 Å². The van der Waals surface area contributed by atoms with Crippen molar-refractivity contribution in [2.75, 3.05) is 19.6 Å². The van der Waals surface area contributed by atoms with Gasteiger partial charge in [-0.3, -0.25) is 9.80 Å². The van der Waals surface area contributed by atoms with Crippen LogP contribution in [0.1, 0.15) is 30.1 Å². The largest absolute Gasteiger partial charge is 0.297 e. The first-order valence-electron chi connectivity index (χ1n) is 7.80. The number of aromatic nitrogens is 1. The van der Waals surface area contributed by atoms with E-state index in [1.807, 2.05) is 5.51 Å². The molecule has 4 heteroatoms. The smallest absolute Gasteiger partial charge is 0.0795 e. The lowest BCUT2D eigenvalue weighted by Crippen LogP contribution is -2.51. The maximum absolute atomic E-state index is 4.49. The molecule has 2 aliphatic rings. The van der Waals surface area contributed by atoms with Crippen LogP contribution in [0.4, 0.5) is 0 Å². The summed E-state index contributed by atoms with van der Waals surface area (Å²) in [5.41, 5.74) is 4.60. The standard InChI is InChI=1S/C17H21N3S/c1-2-5-14(6-3-1)17-11-19-8-4-7-16(19)10-20(17)9-15-12-21-13-18-15/h1-3,5-6,12-13,16-17H,4,7-11H2. The van der Waals surface area contributed by atoms with E-state index in [2.05, 4.69) is 50.5 Å². The van der Waals surface area contributed by atoms with Crippen LogP contribution in [0.15, 0.2) is 41.2 Å². The van der Waals surface area contributed by atoms with Crippen molar-refractivity contribution in [1.82, 2.24) is 14.8 Å². The number of fused-ring (bicyclic) bond motifs is 1. The molecule has 1 aromatic heterocycles. The Morgan fingerprint density at radius 2 is 2.10 bits per heavy atom. The molecule has 2 saturated heterocycles. The summed E-state index contributed by atoms with van der Waals surface area (Å²) in [6.07, 6.45) is 2.71. The van der Waals surface area contributed by atoms with E-state index in [0.717, 1.165) is 12.6 Å². The van der Waals surface area contributed by atoms with Gasteiger partial charge in [0.25, 0.3) is 0 Å². The molecule has 2 aliphatic heterocycles. The number of hydrogen-bond acceptors (Lipinski definition) is 4. The molecular weight excluding hydrogens is 278 g/mol. The van der Waals surface area contributed by atoms with E-state index < -0.39 is 0 Å². The first-order chi connectivity index (χ1) is 10.4. The molecule has 3 nitrogen and oxygen atoms in total. The van der Waals surface area contributed by atoms with Crippen LogP contribution in [0.3, 0.4) is 0 Å². The minimum atomic E-state index is 0.502. The third-order valence-electron chi connectivity index (χ3n) is 4.83. The zero-order chi connectivity index (χ0) is 14.1. The number of hydrogen-bond donors (Lipinski definition) is 0. The topological polar surface area (TPSA) is 19.4 Å². The highest BCUT2D eigenvalue weighted by atomic mass is 32.1. The van der Waals surface area contributed by atoms with Crippen molar-refractivity contribution in [3.8, 4) is 0 Å².